The van der Waals surface area contributed by atoms with Crippen LogP contribution in [0.25, 0.3) is 0 Å². The highest BCUT2D eigenvalue weighted by Crippen LogP contribution is 2.35. The maximum atomic E-state index is 11.5. The molecule has 0 aliphatic heterocycles. The summed E-state index contributed by atoms with van der Waals surface area (Å²) in [7, 11) is 1.38. The molecule has 1 aliphatic rings. The van der Waals surface area contributed by atoms with E-state index >= 15 is 0 Å². The molecule has 0 saturated carbocycles. The molecule has 0 fully saturated rings. The van der Waals surface area contributed by atoms with Gasteiger partial charge in [0.1, 0.15) is 5.75 Å². The fraction of sp³-hybridized carbons (Fsp3) is 0.242. The summed E-state index contributed by atoms with van der Waals surface area (Å²) in [5, 5.41) is 0. The van der Waals surface area contributed by atoms with Crippen LogP contribution in [0.15, 0.2) is 103 Å². The average molecular weight is 477 g/mol. The topological polar surface area (TPSA) is 35.5 Å². The summed E-state index contributed by atoms with van der Waals surface area (Å²) in [6.45, 7) is -0.0459. The summed E-state index contributed by atoms with van der Waals surface area (Å²) in [6.07, 6.45) is 4.18. The highest BCUT2D eigenvalue weighted by Gasteiger charge is 2.22. The Balaban J connectivity index is 1.29. The lowest BCUT2D eigenvalue weighted by atomic mass is 9.80. The van der Waals surface area contributed by atoms with Crippen molar-refractivity contribution in [1.82, 2.24) is 0 Å². The number of hydrogen-bond acceptors (Lipinski definition) is 3. The lowest BCUT2D eigenvalue weighted by molar-refractivity contribution is -0.142. The molecule has 5 rings (SSSR count). The lowest BCUT2D eigenvalue weighted by Gasteiger charge is -2.26. The Hall–Kier alpha value is -3.85. The van der Waals surface area contributed by atoms with Crippen LogP contribution in [0.5, 0.6) is 5.75 Å². The van der Waals surface area contributed by atoms with E-state index in [0.29, 0.717) is 5.92 Å². The number of methoxy groups -OCH3 is 1. The molecular weight excluding hydrogens is 444 g/mol. The van der Waals surface area contributed by atoms with Gasteiger partial charge in [0.2, 0.25) is 0 Å². The SMILES string of the molecule is COC(=O)COc1cccc2c1CCC(Cc1ccc(C(c3ccccc3)c3ccccc3)cc1)C2. The van der Waals surface area contributed by atoms with Crippen LogP contribution in [-0.2, 0) is 28.8 Å². The summed E-state index contributed by atoms with van der Waals surface area (Å²) < 4.78 is 10.5. The first-order valence-corrected chi connectivity index (χ1v) is 12.7. The number of rotatable bonds is 8. The molecule has 3 heteroatoms. The quantitative estimate of drug-likeness (QED) is 0.208. The van der Waals surface area contributed by atoms with Crippen molar-refractivity contribution in [2.75, 3.05) is 13.7 Å². The molecule has 36 heavy (non-hydrogen) atoms. The highest BCUT2D eigenvalue weighted by atomic mass is 16.6. The largest absolute Gasteiger partial charge is 0.482 e. The third-order valence-electron chi connectivity index (χ3n) is 7.22. The molecule has 0 bridgehead atoms. The van der Waals surface area contributed by atoms with E-state index in [-0.39, 0.29) is 18.5 Å². The second-order valence-corrected chi connectivity index (χ2v) is 9.57. The molecule has 1 atom stereocenters. The van der Waals surface area contributed by atoms with Crippen molar-refractivity contribution in [2.45, 2.75) is 31.6 Å². The van der Waals surface area contributed by atoms with Crippen LogP contribution in [0.3, 0.4) is 0 Å². The van der Waals surface area contributed by atoms with Crippen LogP contribution in [0.1, 0.15) is 45.7 Å². The molecule has 182 valence electrons. The summed E-state index contributed by atoms with van der Waals surface area (Å²) in [4.78, 5) is 11.5. The summed E-state index contributed by atoms with van der Waals surface area (Å²) in [6, 6.07) is 36.9. The Labute approximate surface area is 213 Å². The minimum atomic E-state index is -0.355. The first-order valence-electron chi connectivity index (χ1n) is 12.7. The fourth-order valence-corrected chi connectivity index (χ4v) is 5.40. The van der Waals surface area contributed by atoms with Crippen molar-refractivity contribution in [3.8, 4) is 5.75 Å². The fourth-order valence-electron chi connectivity index (χ4n) is 5.40. The Morgan fingerprint density at radius 1 is 0.806 bits per heavy atom. The first kappa shape index (κ1) is 23.9. The maximum Gasteiger partial charge on any atom is 0.343 e. The van der Waals surface area contributed by atoms with Gasteiger partial charge in [-0.05, 0) is 71.0 Å². The molecule has 1 unspecified atom stereocenters. The Bertz CT molecular complexity index is 1240. The van der Waals surface area contributed by atoms with Crippen molar-refractivity contribution in [3.05, 3.63) is 137 Å². The van der Waals surface area contributed by atoms with Gasteiger partial charge in [0, 0.05) is 5.92 Å². The summed E-state index contributed by atoms with van der Waals surface area (Å²) in [5.74, 6) is 1.28. The third kappa shape index (κ3) is 5.52. The van der Waals surface area contributed by atoms with E-state index in [2.05, 4.69) is 91.0 Å². The van der Waals surface area contributed by atoms with Crippen LogP contribution >= 0.6 is 0 Å². The Morgan fingerprint density at radius 2 is 1.44 bits per heavy atom. The molecule has 4 aromatic rings. The van der Waals surface area contributed by atoms with Crippen LogP contribution in [0.2, 0.25) is 0 Å². The van der Waals surface area contributed by atoms with Gasteiger partial charge in [0.15, 0.2) is 6.61 Å². The number of fused-ring (bicyclic) bond motifs is 1. The molecule has 0 heterocycles. The van der Waals surface area contributed by atoms with Crippen LogP contribution < -0.4 is 4.74 Å². The number of benzene rings is 4. The first-order chi connectivity index (χ1) is 17.7. The van der Waals surface area contributed by atoms with Gasteiger partial charge in [-0.2, -0.15) is 0 Å². The molecule has 0 aromatic heterocycles. The van der Waals surface area contributed by atoms with E-state index in [1.165, 1.54) is 40.5 Å². The molecule has 4 aromatic carbocycles. The van der Waals surface area contributed by atoms with E-state index in [1.807, 2.05) is 12.1 Å². The molecule has 0 spiro atoms. The van der Waals surface area contributed by atoms with Gasteiger partial charge in [-0.25, -0.2) is 4.79 Å². The van der Waals surface area contributed by atoms with Gasteiger partial charge in [0.05, 0.1) is 7.11 Å². The smallest absolute Gasteiger partial charge is 0.343 e. The predicted molar refractivity (Wildman–Crippen MR) is 143 cm³/mol. The zero-order chi connectivity index (χ0) is 24.7. The van der Waals surface area contributed by atoms with Crippen molar-refractivity contribution in [1.29, 1.82) is 0 Å². The van der Waals surface area contributed by atoms with Gasteiger partial charge in [-0.1, -0.05) is 97.1 Å². The molecular formula is C33H32O3. The molecule has 0 N–H and O–H groups in total. The van der Waals surface area contributed by atoms with Crippen LogP contribution in [-0.4, -0.2) is 19.7 Å². The lowest BCUT2D eigenvalue weighted by Crippen LogP contribution is -2.19. The molecule has 0 radical (unpaired) electrons. The standard InChI is InChI=1S/C33H32O3/c1-35-32(34)23-36-31-14-8-13-29-22-25(17-20-30(29)31)21-24-15-18-28(19-16-24)33(26-9-4-2-5-10-26)27-11-6-3-7-12-27/h2-16,18-19,25,33H,17,20-23H2,1H3. The van der Waals surface area contributed by atoms with Crippen molar-refractivity contribution in [3.63, 3.8) is 0 Å². The normalized spacial score (nSPS) is 14.8. The van der Waals surface area contributed by atoms with Gasteiger partial charge >= 0.3 is 5.97 Å². The van der Waals surface area contributed by atoms with Gasteiger partial charge in [0.25, 0.3) is 0 Å². The summed E-state index contributed by atoms with van der Waals surface area (Å²) in [5.41, 5.74) is 7.89. The van der Waals surface area contributed by atoms with E-state index in [0.717, 1.165) is 31.4 Å². The van der Waals surface area contributed by atoms with Crippen molar-refractivity contribution in [2.24, 2.45) is 5.92 Å². The number of hydrogen-bond donors (Lipinski definition) is 0. The van der Waals surface area contributed by atoms with Crippen LogP contribution in [0.4, 0.5) is 0 Å². The van der Waals surface area contributed by atoms with E-state index in [4.69, 9.17) is 9.47 Å². The predicted octanol–water partition coefficient (Wildman–Crippen LogP) is 6.77. The minimum Gasteiger partial charge on any atom is -0.482 e. The van der Waals surface area contributed by atoms with Gasteiger partial charge < -0.3 is 9.47 Å². The van der Waals surface area contributed by atoms with Gasteiger partial charge in [-0.3, -0.25) is 0 Å². The second-order valence-electron chi connectivity index (χ2n) is 9.57. The third-order valence-corrected chi connectivity index (χ3v) is 7.22. The molecule has 0 saturated heterocycles. The highest BCUT2D eigenvalue weighted by molar-refractivity contribution is 5.71. The van der Waals surface area contributed by atoms with Crippen molar-refractivity contribution >= 4 is 5.97 Å². The number of ether oxygens (including phenoxy) is 2. The van der Waals surface area contributed by atoms with E-state index in [9.17, 15) is 4.79 Å². The average Bonchev–Trinajstić information content (AvgIpc) is 2.94. The number of esters is 1. The second kappa shape index (κ2) is 11.3. The number of carbonyl (C=O) groups excluding carboxylic acids is 1. The maximum absolute atomic E-state index is 11.5. The number of carbonyl (C=O) groups is 1. The zero-order valence-electron chi connectivity index (χ0n) is 20.7. The monoisotopic (exact) mass is 476 g/mol. The Morgan fingerprint density at radius 3 is 2.08 bits per heavy atom. The molecule has 0 amide bonds. The van der Waals surface area contributed by atoms with Gasteiger partial charge in [-0.15, -0.1) is 0 Å². The van der Waals surface area contributed by atoms with E-state index < -0.39 is 0 Å². The zero-order valence-corrected chi connectivity index (χ0v) is 20.7. The minimum absolute atomic E-state index is 0.0459. The summed E-state index contributed by atoms with van der Waals surface area (Å²) >= 11 is 0. The van der Waals surface area contributed by atoms with Crippen LogP contribution in [0, 0.1) is 5.92 Å². The molecule has 3 nitrogen and oxygen atoms in total. The van der Waals surface area contributed by atoms with E-state index in [1.54, 1.807) is 0 Å². The molecule has 1 aliphatic carbocycles. The Kier molecular flexibility index (Phi) is 7.47. The van der Waals surface area contributed by atoms with Crippen molar-refractivity contribution < 1.29 is 14.3 Å².